The normalized spacial score (nSPS) is 21.2. The van der Waals surface area contributed by atoms with E-state index in [1.165, 1.54) is 11.1 Å². The Morgan fingerprint density at radius 3 is 2.09 bits per heavy atom. The van der Waals surface area contributed by atoms with E-state index in [-0.39, 0.29) is 18.2 Å². The van der Waals surface area contributed by atoms with Crippen LogP contribution in [-0.2, 0) is 14.3 Å². The molecule has 2 aromatic rings. The number of alkyl halides is 3. The molecule has 2 aliphatic heterocycles. The van der Waals surface area contributed by atoms with Crippen molar-refractivity contribution in [2.24, 2.45) is 4.99 Å². The number of carboxylic acid groups (broad SMARTS) is 1. The fourth-order valence-electron chi connectivity index (χ4n) is 3.50. The first-order valence-corrected chi connectivity index (χ1v) is 10.3. The number of nitrogens with one attached hydrogen (secondary N) is 1. The van der Waals surface area contributed by atoms with Crippen molar-refractivity contribution >= 4 is 11.8 Å². The molecule has 32 heavy (non-hydrogen) atoms. The highest BCUT2D eigenvalue weighted by atomic mass is 19.4. The number of aliphatic imine (C=N–C) groups is 1. The predicted molar refractivity (Wildman–Crippen MR) is 112 cm³/mol. The molecule has 0 aliphatic carbocycles. The summed E-state index contributed by atoms with van der Waals surface area (Å²) in [6, 6.07) is 21.2. The van der Waals surface area contributed by atoms with Crippen LogP contribution in [0.3, 0.4) is 0 Å². The molecule has 4 rings (SSSR count). The first-order chi connectivity index (χ1) is 15.3. The van der Waals surface area contributed by atoms with Crippen molar-refractivity contribution < 1.29 is 32.5 Å². The molecule has 9 heteroatoms. The van der Waals surface area contributed by atoms with Crippen LogP contribution in [0.5, 0.6) is 0 Å². The molecule has 172 valence electrons. The summed E-state index contributed by atoms with van der Waals surface area (Å²) in [5.41, 5.74) is 2.48. The predicted octanol–water partition coefficient (Wildman–Crippen LogP) is 4.30. The summed E-state index contributed by atoms with van der Waals surface area (Å²) in [6.07, 6.45) is -2.86. The van der Waals surface area contributed by atoms with E-state index in [9.17, 15) is 13.2 Å². The molecule has 0 amide bonds. The molecule has 2 atom stereocenters. The van der Waals surface area contributed by atoms with Gasteiger partial charge in [0.05, 0.1) is 12.1 Å². The minimum absolute atomic E-state index is 0.0805. The van der Waals surface area contributed by atoms with Crippen LogP contribution in [0.1, 0.15) is 36.1 Å². The monoisotopic (exact) mass is 450 g/mol. The third-order valence-electron chi connectivity index (χ3n) is 5.10. The van der Waals surface area contributed by atoms with E-state index in [1.807, 2.05) is 12.1 Å². The molecule has 1 saturated heterocycles. The third-order valence-corrected chi connectivity index (χ3v) is 5.10. The molecule has 1 fully saturated rings. The highest BCUT2D eigenvalue weighted by Gasteiger charge is 2.38. The second-order valence-electron chi connectivity index (χ2n) is 7.39. The minimum Gasteiger partial charge on any atom is -0.475 e. The Bertz CT molecular complexity index is 885. The Balaban J connectivity index is 0.000000360. The summed E-state index contributed by atoms with van der Waals surface area (Å²) in [5.74, 6) is -1.82. The van der Waals surface area contributed by atoms with Crippen LogP contribution in [0.2, 0.25) is 0 Å². The van der Waals surface area contributed by atoms with Crippen LogP contribution in [0.25, 0.3) is 0 Å². The van der Waals surface area contributed by atoms with Crippen molar-refractivity contribution in [2.75, 3.05) is 19.8 Å². The maximum atomic E-state index is 10.6. The van der Waals surface area contributed by atoms with Gasteiger partial charge < -0.3 is 19.9 Å². The molecule has 2 aliphatic rings. The number of benzene rings is 2. The molecule has 6 nitrogen and oxygen atoms in total. The van der Waals surface area contributed by atoms with Gasteiger partial charge in [0.2, 0.25) is 0 Å². The molecule has 0 spiro atoms. The number of rotatable bonds is 5. The van der Waals surface area contributed by atoms with Gasteiger partial charge in [0, 0.05) is 13.2 Å². The number of halogens is 3. The lowest BCUT2D eigenvalue weighted by Crippen LogP contribution is -2.31. The quantitative estimate of drug-likeness (QED) is 0.710. The molecule has 0 aromatic heterocycles. The Morgan fingerprint density at radius 2 is 1.56 bits per heavy atom. The number of aliphatic carboxylic acids is 1. The zero-order valence-electron chi connectivity index (χ0n) is 17.3. The number of hydrogen-bond acceptors (Lipinski definition) is 5. The average molecular weight is 450 g/mol. The summed E-state index contributed by atoms with van der Waals surface area (Å²) in [4.78, 5) is 13.8. The van der Waals surface area contributed by atoms with Gasteiger partial charge in [0.1, 0.15) is 18.5 Å². The zero-order valence-corrected chi connectivity index (χ0v) is 17.3. The summed E-state index contributed by atoms with van der Waals surface area (Å²) >= 11 is 0. The number of amidine groups is 1. The zero-order chi connectivity index (χ0) is 23.0. The Hall–Kier alpha value is -2.91. The lowest BCUT2D eigenvalue weighted by Gasteiger charge is -2.23. The maximum absolute atomic E-state index is 10.6. The molecular weight excluding hydrogens is 425 g/mol. The van der Waals surface area contributed by atoms with Gasteiger partial charge in [0.15, 0.2) is 0 Å². The van der Waals surface area contributed by atoms with Crippen molar-refractivity contribution in [3.05, 3.63) is 71.8 Å². The van der Waals surface area contributed by atoms with Gasteiger partial charge in [0.25, 0.3) is 0 Å². The molecule has 2 N–H and O–H groups in total. The van der Waals surface area contributed by atoms with E-state index in [0.29, 0.717) is 6.61 Å². The number of carboxylic acids is 1. The second kappa shape index (κ2) is 11.1. The molecule has 0 radical (unpaired) electrons. The minimum atomic E-state index is -5.08. The van der Waals surface area contributed by atoms with Crippen LogP contribution in [0.4, 0.5) is 13.2 Å². The number of ether oxygens (including phenoxy) is 2. The smallest absolute Gasteiger partial charge is 0.475 e. The van der Waals surface area contributed by atoms with E-state index in [4.69, 9.17) is 24.4 Å². The van der Waals surface area contributed by atoms with Gasteiger partial charge >= 0.3 is 12.1 Å². The van der Waals surface area contributed by atoms with Crippen molar-refractivity contribution in [3.63, 3.8) is 0 Å². The Kier molecular flexibility index (Phi) is 8.24. The van der Waals surface area contributed by atoms with Gasteiger partial charge in [-0.3, -0.25) is 4.99 Å². The molecule has 0 bridgehead atoms. The van der Waals surface area contributed by atoms with Crippen LogP contribution >= 0.6 is 0 Å². The van der Waals surface area contributed by atoms with E-state index >= 15 is 0 Å². The van der Waals surface area contributed by atoms with Crippen LogP contribution < -0.4 is 5.32 Å². The van der Waals surface area contributed by atoms with Crippen molar-refractivity contribution in [3.8, 4) is 0 Å². The van der Waals surface area contributed by atoms with E-state index in [1.54, 1.807) is 0 Å². The Labute approximate surface area is 184 Å². The van der Waals surface area contributed by atoms with Gasteiger partial charge in [-0.1, -0.05) is 60.7 Å². The van der Waals surface area contributed by atoms with E-state index < -0.39 is 12.1 Å². The van der Waals surface area contributed by atoms with Gasteiger partial charge in [-0.2, -0.15) is 13.2 Å². The summed E-state index contributed by atoms with van der Waals surface area (Å²) < 4.78 is 43.2. The van der Waals surface area contributed by atoms with E-state index in [2.05, 4.69) is 53.8 Å². The van der Waals surface area contributed by atoms with Crippen LogP contribution in [0.15, 0.2) is 65.7 Å². The highest BCUT2D eigenvalue weighted by molar-refractivity contribution is 5.86. The van der Waals surface area contributed by atoms with Crippen molar-refractivity contribution in [1.82, 2.24) is 5.32 Å². The number of carbonyl (C=O) groups is 1. The van der Waals surface area contributed by atoms with Gasteiger partial charge in [-0.25, -0.2) is 4.79 Å². The second-order valence-corrected chi connectivity index (χ2v) is 7.39. The topological polar surface area (TPSA) is 80.2 Å². The maximum Gasteiger partial charge on any atom is 0.490 e. The fraction of sp³-hybridized carbons (Fsp3) is 0.391. The summed E-state index contributed by atoms with van der Waals surface area (Å²) in [6.45, 7) is 2.13. The first-order valence-electron chi connectivity index (χ1n) is 10.3. The molecule has 2 heterocycles. The largest absolute Gasteiger partial charge is 0.490 e. The van der Waals surface area contributed by atoms with Gasteiger partial charge in [-0.05, 0) is 24.0 Å². The molecular formula is C23H25F3N2O4. The third kappa shape index (κ3) is 6.80. The standard InChI is InChI=1S/C21H24N2O2.C2HF3O2/c1-3-7-16(8-4-1)20-21(17-9-5-2-6-10-17)23-19(22-20)15-25-18-11-13-24-14-12-18;3-2(4,5)1(6)7/h1-10,18,20-21H,11-15H2,(H,22,23);(H,6,7)/t20-,21+;. The number of hydrogen-bond donors (Lipinski definition) is 2. The lowest BCUT2D eigenvalue weighted by molar-refractivity contribution is -0.192. The van der Waals surface area contributed by atoms with Crippen molar-refractivity contribution in [1.29, 1.82) is 0 Å². The van der Waals surface area contributed by atoms with E-state index in [0.717, 1.165) is 31.9 Å². The molecule has 0 unspecified atom stereocenters. The summed E-state index contributed by atoms with van der Waals surface area (Å²) in [7, 11) is 0. The van der Waals surface area contributed by atoms with Gasteiger partial charge in [-0.15, -0.1) is 0 Å². The molecule has 2 aromatic carbocycles. The van der Waals surface area contributed by atoms with Crippen LogP contribution in [-0.4, -0.2) is 49.0 Å². The first kappa shape index (κ1) is 23.7. The lowest BCUT2D eigenvalue weighted by atomic mass is 9.95. The SMILES string of the molecule is O=C(O)C(F)(F)F.c1ccc([C@H]2N=C(COC3CCOCC3)N[C@H]2c2ccccc2)cc1. The average Bonchev–Trinajstić information content (AvgIpc) is 3.24. The van der Waals surface area contributed by atoms with Crippen LogP contribution in [0, 0.1) is 0 Å². The molecule has 0 saturated carbocycles. The highest BCUT2D eigenvalue weighted by Crippen LogP contribution is 2.36. The summed E-state index contributed by atoms with van der Waals surface area (Å²) in [5, 5.41) is 10.7. The fourth-order valence-corrected chi connectivity index (χ4v) is 3.50. The number of nitrogens with zero attached hydrogens (tertiary/aromatic N) is 1. The Morgan fingerprint density at radius 1 is 1.03 bits per heavy atom. The van der Waals surface area contributed by atoms with Crippen molar-refractivity contribution in [2.45, 2.75) is 37.2 Å².